The maximum atomic E-state index is 12.2. The molecule has 1 saturated heterocycles. The molecule has 0 radical (unpaired) electrons. The van der Waals surface area contributed by atoms with E-state index in [-0.39, 0.29) is 17.8 Å². The smallest absolute Gasteiger partial charge is 0.310 e. The van der Waals surface area contributed by atoms with E-state index in [2.05, 4.69) is 23.1 Å². The van der Waals surface area contributed by atoms with Crippen molar-refractivity contribution in [2.24, 2.45) is 5.92 Å². The number of carbonyl (C=O) groups is 1. The van der Waals surface area contributed by atoms with Crippen molar-refractivity contribution in [3.8, 4) is 6.07 Å². The number of likely N-dealkylation sites (tertiary alicyclic amines) is 1. The van der Waals surface area contributed by atoms with Crippen molar-refractivity contribution in [1.82, 2.24) is 4.90 Å². The van der Waals surface area contributed by atoms with Crippen molar-refractivity contribution in [2.45, 2.75) is 12.5 Å². The molecular formula is C20H20N2O2. The maximum Gasteiger partial charge on any atom is 0.310 e. The third kappa shape index (κ3) is 3.47. The summed E-state index contributed by atoms with van der Waals surface area (Å²) in [5.41, 5.74) is 2.95. The molecule has 2 aromatic rings. The third-order valence-corrected chi connectivity index (χ3v) is 4.62. The first-order valence-corrected chi connectivity index (χ1v) is 8.05. The molecule has 2 atom stereocenters. The number of benzene rings is 2. The van der Waals surface area contributed by atoms with E-state index in [9.17, 15) is 4.79 Å². The Balaban J connectivity index is 1.80. The molecule has 1 heterocycles. The number of carbonyl (C=O) groups excluding carboxylic acids is 1. The zero-order chi connectivity index (χ0) is 16.9. The van der Waals surface area contributed by atoms with Gasteiger partial charge in [-0.1, -0.05) is 42.5 Å². The average Bonchev–Trinajstić information content (AvgIpc) is 3.05. The van der Waals surface area contributed by atoms with Gasteiger partial charge in [0, 0.05) is 25.6 Å². The van der Waals surface area contributed by atoms with E-state index in [1.165, 1.54) is 12.7 Å². The van der Waals surface area contributed by atoms with Gasteiger partial charge in [-0.3, -0.25) is 9.69 Å². The van der Waals surface area contributed by atoms with Crippen LogP contribution in [0.1, 0.15) is 22.6 Å². The van der Waals surface area contributed by atoms with Gasteiger partial charge in [-0.25, -0.2) is 0 Å². The Labute approximate surface area is 142 Å². The first-order valence-electron chi connectivity index (χ1n) is 8.05. The van der Waals surface area contributed by atoms with Crippen LogP contribution in [-0.4, -0.2) is 31.1 Å². The summed E-state index contributed by atoms with van der Waals surface area (Å²) in [5, 5.41) is 8.95. The van der Waals surface area contributed by atoms with Crippen molar-refractivity contribution in [3.05, 3.63) is 71.3 Å². The van der Waals surface area contributed by atoms with E-state index in [4.69, 9.17) is 10.00 Å². The van der Waals surface area contributed by atoms with Crippen LogP contribution in [0.25, 0.3) is 0 Å². The van der Waals surface area contributed by atoms with Crippen LogP contribution in [0.15, 0.2) is 54.6 Å². The van der Waals surface area contributed by atoms with E-state index in [0.29, 0.717) is 12.1 Å². The molecule has 0 amide bonds. The number of methoxy groups -OCH3 is 1. The summed E-state index contributed by atoms with van der Waals surface area (Å²) in [5.74, 6) is -0.250. The van der Waals surface area contributed by atoms with Gasteiger partial charge in [0.05, 0.1) is 24.7 Å². The standard InChI is InChI=1S/C20H20N2O2/c1-24-20(23)19-14-22(12-16-5-3-2-4-6-16)13-18(19)17-9-7-15(11-21)8-10-17/h2-10,18-19H,12-14H2,1H3/t18-,19+/m0/s1. The van der Waals surface area contributed by atoms with Crippen LogP contribution in [-0.2, 0) is 16.1 Å². The monoisotopic (exact) mass is 320 g/mol. The second-order valence-corrected chi connectivity index (χ2v) is 6.15. The second-order valence-electron chi connectivity index (χ2n) is 6.15. The Hall–Kier alpha value is -2.64. The minimum absolute atomic E-state index is 0.0916. The van der Waals surface area contributed by atoms with E-state index >= 15 is 0 Å². The average molecular weight is 320 g/mol. The molecule has 2 aromatic carbocycles. The molecule has 0 aliphatic carbocycles. The first kappa shape index (κ1) is 16.2. The van der Waals surface area contributed by atoms with Crippen LogP contribution in [0.4, 0.5) is 0 Å². The molecule has 3 rings (SSSR count). The van der Waals surface area contributed by atoms with E-state index in [0.717, 1.165) is 18.7 Å². The van der Waals surface area contributed by atoms with Gasteiger partial charge >= 0.3 is 5.97 Å². The summed E-state index contributed by atoms with van der Waals surface area (Å²) >= 11 is 0. The molecule has 1 aliphatic rings. The Bertz CT molecular complexity index is 734. The number of hydrogen-bond donors (Lipinski definition) is 0. The highest BCUT2D eigenvalue weighted by atomic mass is 16.5. The molecule has 1 fully saturated rings. The summed E-state index contributed by atoms with van der Waals surface area (Å²) in [7, 11) is 1.44. The van der Waals surface area contributed by atoms with Gasteiger partial charge < -0.3 is 4.74 Å². The lowest BCUT2D eigenvalue weighted by molar-refractivity contribution is -0.145. The van der Waals surface area contributed by atoms with E-state index in [1.54, 1.807) is 0 Å². The highest BCUT2D eigenvalue weighted by molar-refractivity contribution is 5.74. The molecule has 122 valence electrons. The van der Waals surface area contributed by atoms with Gasteiger partial charge in [-0.05, 0) is 23.3 Å². The largest absolute Gasteiger partial charge is 0.469 e. The minimum Gasteiger partial charge on any atom is -0.469 e. The molecule has 4 heteroatoms. The summed E-state index contributed by atoms with van der Waals surface area (Å²) in [6, 6.07) is 19.9. The van der Waals surface area contributed by atoms with Crippen LogP contribution in [0.5, 0.6) is 0 Å². The molecule has 0 aromatic heterocycles. The summed E-state index contributed by atoms with van der Waals surface area (Å²) in [6.45, 7) is 2.31. The Morgan fingerprint density at radius 3 is 2.50 bits per heavy atom. The fraction of sp³-hybridized carbons (Fsp3) is 0.300. The SMILES string of the molecule is COC(=O)[C@@H]1CN(Cc2ccccc2)C[C@H]1c1ccc(C#N)cc1. The van der Waals surface area contributed by atoms with Gasteiger partial charge in [-0.2, -0.15) is 5.26 Å². The highest BCUT2D eigenvalue weighted by Gasteiger charge is 2.39. The molecule has 0 unspecified atom stereocenters. The van der Waals surface area contributed by atoms with Gasteiger partial charge in [0.15, 0.2) is 0 Å². The number of nitrogens with zero attached hydrogens (tertiary/aromatic N) is 2. The topological polar surface area (TPSA) is 53.3 Å². The van der Waals surface area contributed by atoms with Crippen molar-refractivity contribution in [1.29, 1.82) is 5.26 Å². The summed E-state index contributed by atoms with van der Waals surface area (Å²) in [6.07, 6.45) is 0. The van der Waals surface area contributed by atoms with Crippen LogP contribution in [0.3, 0.4) is 0 Å². The molecule has 24 heavy (non-hydrogen) atoms. The molecule has 0 N–H and O–H groups in total. The Morgan fingerprint density at radius 2 is 1.88 bits per heavy atom. The molecule has 0 bridgehead atoms. The van der Waals surface area contributed by atoms with Gasteiger partial charge in [0.25, 0.3) is 0 Å². The van der Waals surface area contributed by atoms with E-state index in [1.807, 2.05) is 42.5 Å². The number of ether oxygens (including phenoxy) is 1. The lowest BCUT2D eigenvalue weighted by atomic mass is 9.88. The molecule has 0 spiro atoms. The molecule has 4 nitrogen and oxygen atoms in total. The molecule has 1 aliphatic heterocycles. The second kappa shape index (κ2) is 7.29. The summed E-state index contributed by atoms with van der Waals surface area (Å²) in [4.78, 5) is 14.5. The van der Waals surface area contributed by atoms with Crippen molar-refractivity contribution >= 4 is 5.97 Å². The van der Waals surface area contributed by atoms with Crippen molar-refractivity contribution in [2.75, 3.05) is 20.2 Å². The van der Waals surface area contributed by atoms with Crippen LogP contribution >= 0.6 is 0 Å². The fourth-order valence-electron chi connectivity index (χ4n) is 3.39. The first-order chi connectivity index (χ1) is 11.7. The predicted octanol–water partition coefficient (Wildman–Crippen LogP) is 2.95. The molecular weight excluding hydrogens is 300 g/mol. The lowest BCUT2D eigenvalue weighted by Gasteiger charge is -2.17. The Kier molecular flexibility index (Phi) is 4.93. The fourth-order valence-corrected chi connectivity index (χ4v) is 3.39. The minimum atomic E-state index is -0.174. The normalized spacial score (nSPS) is 20.5. The van der Waals surface area contributed by atoms with Crippen molar-refractivity contribution < 1.29 is 9.53 Å². The molecule has 0 saturated carbocycles. The number of rotatable bonds is 4. The predicted molar refractivity (Wildman–Crippen MR) is 91.1 cm³/mol. The van der Waals surface area contributed by atoms with Crippen molar-refractivity contribution in [3.63, 3.8) is 0 Å². The van der Waals surface area contributed by atoms with Crippen LogP contribution < -0.4 is 0 Å². The number of hydrogen-bond acceptors (Lipinski definition) is 4. The van der Waals surface area contributed by atoms with Crippen LogP contribution in [0.2, 0.25) is 0 Å². The summed E-state index contributed by atoms with van der Waals surface area (Å²) < 4.78 is 5.01. The zero-order valence-electron chi connectivity index (χ0n) is 13.7. The highest BCUT2D eigenvalue weighted by Crippen LogP contribution is 2.34. The van der Waals surface area contributed by atoms with Gasteiger partial charge in [0.2, 0.25) is 0 Å². The van der Waals surface area contributed by atoms with Gasteiger partial charge in [-0.15, -0.1) is 0 Å². The van der Waals surface area contributed by atoms with Gasteiger partial charge in [0.1, 0.15) is 0 Å². The van der Waals surface area contributed by atoms with E-state index < -0.39 is 0 Å². The maximum absolute atomic E-state index is 12.2. The number of nitriles is 1. The third-order valence-electron chi connectivity index (χ3n) is 4.62. The lowest BCUT2D eigenvalue weighted by Crippen LogP contribution is -2.24. The quantitative estimate of drug-likeness (QED) is 0.813. The zero-order valence-corrected chi connectivity index (χ0v) is 13.7. The van der Waals surface area contributed by atoms with Crippen LogP contribution in [0, 0.1) is 17.2 Å². The Morgan fingerprint density at radius 1 is 1.17 bits per heavy atom. The number of esters is 1.